The molecule has 20 heavy (non-hydrogen) atoms. The van der Waals surface area contributed by atoms with Gasteiger partial charge in [-0.15, -0.1) is 0 Å². The summed E-state index contributed by atoms with van der Waals surface area (Å²) in [5.41, 5.74) is 7.57. The normalized spacial score (nSPS) is 16.5. The lowest BCUT2D eigenvalue weighted by molar-refractivity contribution is 0.543. The molecule has 1 unspecified atom stereocenters. The van der Waals surface area contributed by atoms with E-state index in [9.17, 15) is 0 Å². The van der Waals surface area contributed by atoms with E-state index in [1.165, 1.54) is 69.8 Å². The Morgan fingerprint density at radius 1 is 1.10 bits per heavy atom. The van der Waals surface area contributed by atoms with E-state index >= 15 is 0 Å². The van der Waals surface area contributed by atoms with Gasteiger partial charge in [0, 0.05) is 25.0 Å². The van der Waals surface area contributed by atoms with Gasteiger partial charge in [-0.1, -0.05) is 51.9 Å². The SMILES string of the molecule is CCCCCCCCCCn1ccc(C(N)C2CC2)c1. The lowest BCUT2D eigenvalue weighted by Gasteiger charge is -2.07. The molecule has 1 heterocycles. The standard InChI is InChI=1S/C18H32N2/c1-2-3-4-5-6-7-8-9-13-20-14-12-17(15-20)18(19)16-10-11-16/h12,14-16,18H,2-11,13,19H2,1H3. The topological polar surface area (TPSA) is 30.9 Å². The number of unbranched alkanes of at least 4 members (excludes halogenated alkanes) is 7. The van der Waals surface area contributed by atoms with Crippen LogP contribution in [0, 0.1) is 5.92 Å². The maximum Gasteiger partial charge on any atom is 0.0338 e. The molecule has 2 rings (SSSR count). The van der Waals surface area contributed by atoms with Gasteiger partial charge in [-0.2, -0.15) is 0 Å². The molecule has 0 spiro atoms. The molecule has 1 aliphatic carbocycles. The Labute approximate surface area is 124 Å². The predicted molar refractivity (Wildman–Crippen MR) is 86.7 cm³/mol. The molecule has 2 heteroatoms. The van der Waals surface area contributed by atoms with Crippen molar-refractivity contribution in [3.05, 3.63) is 24.0 Å². The maximum atomic E-state index is 6.23. The van der Waals surface area contributed by atoms with Gasteiger partial charge >= 0.3 is 0 Å². The molecule has 114 valence electrons. The van der Waals surface area contributed by atoms with Crippen LogP contribution in [0.3, 0.4) is 0 Å². The van der Waals surface area contributed by atoms with Crippen LogP contribution in [-0.4, -0.2) is 4.57 Å². The first-order chi connectivity index (χ1) is 9.81. The quantitative estimate of drug-likeness (QED) is 0.564. The van der Waals surface area contributed by atoms with Crippen molar-refractivity contribution in [3.8, 4) is 0 Å². The Balaban J connectivity index is 1.53. The fourth-order valence-electron chi connectivity index (χ4n) is 2.95. The molecule has 0 bridgehead atoms. The zero-order chi connectivity index (χ0) is 14.2. The molecule has 2 nitrogen and oxygen atoms in total. The van der Waals surface area contributed by atoms with Crippen LogP contribution >= 0.6 is 0 Å². The summed E-state index contributed by atoms with van der Waals surface area (Å²) in [6.07, 6.45) is 18.2. The van der Waals surface area contributed by atoms with Crippen molar-refractivity contribution in [1.29, 1.82) is 0 Å². The largest absolute Gasteiger partial charge is 0.354 e. The van der Waals surface area contributed by atoms with E-state index in [0.29, 0.717) is 0 Å². The number of hydrogen-bond acceptors (Lipinski definition) is 1. The molecule has 1 aromatic heterocycles. The second-order valence-electron chi connectivity index (χ2n) is 6.52. The molecule has 0 saturated heterocycles. The summed E-state index contributed by atoms with van der Waals surface area (Å²) in [6.45, 7) is 3.44. The first kappa shape index (κ1) is 15.6. The lowest BCUT2D eigenvalue weighted by Crippen LogP contribution is -2.11. The van der Waals surface area contributed by atoms with E-state index in [-0.39, 0.29) is 6.04 Å². The number of rotatable bonds is 11. The fourth-order valence-corrected chi connectivity index (χ4v) is 2.95. The molecule has 0 amide bonds. The average molecular weight is 276 g/mol. The lowest BCUT2D eigenvalue weighted by atomic mass is 10.1. The molecule has 0 radical (unpaired) electrons. The number of hydrogen-bond donors (Lipinski definition) is 1. The van der Waals surface area contributed by atoms with Crippen molar-refractivity contribution in [1.82, 2.24) is 4.57 Å². The van der Waals surface area contributed by atoms with Crippen molar-refractivity contribution in [2.24, 2.45) is 11.7 Å². The first-order valence-corrected chi connectivity index (χ1v) is 8.72. The van der Waals surface area contributed by atoms with Crippen LogP contribution in [0.25, 0.3) is 0 Å². The molecule has 1 atom stereocenters. The summed E-state index contributed by atoms with van der Waals surface area (Å²) in [4.78, 5) is 0. The van der Waals surface area contributed by atoms with Crippen molar-refractivity contribution in [3.63, 3.8) is 0 Å². The van der Waals surface area contributed by atoms with E-state index in [4.69, 9.17) is 5.73 Å². The second kappa shape index (κ2) is 8.51. The summed E-state index contributed by atoms with van der Waals surface area (Å²) in [7, 11) is 0. The predicted octanol–water partition coefficient (Wildman–Crippen LogP) is 5.04. The highest BCUT2D eigenvalue weighted by atomic mass is 14.9. The van der Waals surface area contributed by atoms with E-state index in [0.717, 1.165) is 12.5 Å². The van der Waals surface area contributed by atoms with Gasteiger partial charge < -0.3 is 10.3 Å². The summed E-state index contributed by atoms with van der Waals surface area (Å²) in [5, 5.41) is 0. The molecular weight excluding hydrogens is 244 g/mol. The van der Waals surface area contributed by atoms with Gasteiger partial charge in [-0.3, -0.25) is 0 Å². The van der Waals surface area contributed by atoms with Crippen LogP contribution in [0.2, 0.25) is 0 Å². The van der Waals surface area contributed by atoms with Gasteiger partial charge in [-0.25, -0.2) is 0 Å². The number of nitrogens with two attached hydrogens (primary N) is 1. The van der Waals surface area contributed by atoms with E-state index in [1.807, 2.05) is 0 Å². The molecule has 2 N–H and O–H groups in total. The smallest absolute Gasteiger partial charge is 0.0338 e. The van der Waals surface area contributed by atoms with Crippen LogP contribution in [0.1, 0.15) is 82.7 Å². The summed E-state index contributed by atoms with van der Waals surface area (Å²) >= 11 is 0. The third-order valence-electron chi connectivity index (χ3n) is 4.56. The molecule has 1 aliphatic rings. The van der Waals surface area contributed by atoms with Gasteiger partial charge in [0.25, 0.3) is 0 Å². The minimum Gasteiger partial charge on any atom is -0.354 e. The minimum absolute atomic E-state index is 0.287. The Kier molecular flexibility index (Phi) is 6.65. The van der Waals surface area contributed by atoms with E-state index < -0.39 is 0 Å². The van der Waals surface area contributed by atoms with Gasteiger partial charge in [0.05, 0.1) is 0 Å². The van der Waals surface area contributed by atoms with Gasteiger partial charge in [0.1, 0.15) is 0 Å². The summed E-state index contributed by atoms with van der Waals surface area (Å²) in [6, 6.07) is 2.50. The zero-order valence-electron chi connectivity index (χ0n) is 13.2. The molecule has 1 fully saturated rings. The third-order valence-corrected chi connectivity index (χ3v) is 4.56. The van der Waals surface area contributed by atoms with Crippen LogP contribution < -0.4 is 5.73 Å². The fraction of sp³-hybridized carbons (Fsp3) is 0.778. The molecular formula is C18H32N2. The minimum atomic E-state index is 0.287. The number of aromatic nitrogens is 1. The third kappa shape index (κ3) is 5.32. The molecule has 0 aromatic carbocycles. The highest BCUT2D eigenvalue weighted by Gasteiger charge is 2.29. The summed E-state index contributed by atoms with van der Waals surface area (Å²) in [5.74, 6) is 0.758. The van der Waals surface area contributed by atoms with Gasteiger partial charge in [0.15, 0.2) is 0 Å². The van der Waals surface area contributed by atoms with Crippen molar-refractivity contribution in [2.75, 3.05) is 0 Å². The molecule has 1 saturated carbocycles. The Bertz CT molecular complexity index is 365. The van der Waals surface area contributed by atoms with Crippen LogP contribution in [-0.2, 0) is 6.54 Å². The Hall–Kier alpha value is -0.760. The van der Waals surface area contributed by atoms with E-state index in [1.54, 1.807) is 0 Å². The van der Waals surface area contributed by atoms with Crippen molar-refractivity contribution < 1.29 is 0 Å². The van der Waals surface area contributed by atoms with Crippen LogP contribution in [0.15, 0.2) is 18.5 Å². The van der Waals surface area contributed by atoms with Gasteiger partial charge in [-0.05, 0) is 36.8 Å². The van der Waals surface area contributed by atoms with E-state index in [2.05, 4.69) is 30.0 Å². The molecule has 1 aromatic rings. The summed E-state index contributed by atoms with van der Waals surface area (Å²) < 4.78 is 2.33. The van der Waals surface area contributed by atoms with Crippen molar-refractivity contribution in [2.45, 2.75) is 83.7 Å². The molecule has 0 aliphatic heterocycles. The monoisotopic (exact) mass is 276 g/mol. The van der Waals surface area contributed by atoms with Crippen LogP contribution in [0.5, 0.6) is 0 Å². The Morgan fingerprint density at radius 3 is 2.40 bits per heavy atom. The van der Waals surface area contributed by atoms with Crippen LogP contribution in [0.4, 0.5) is 0 Å². The zero-order valence-corrected chi connectivity index (χ0v) is 13.2. The van der Waals surface area contributed by atoms with Gasteiger partial charge in [0.2, 0.25) is 0 Å². The maximum absolute atomic E-state index is 6.23. The second-order valence-corrected chi connectivity index (χ2v) is 6.52. The first-order valence-electron chi connectivity index (χ1n) is 8.72. The highest BCUT2D eigenvalue weighted by molar-refractivity contribution is 5.17. The average Bonchev–Trinajstić information content (AvgIpc) is 3.20. The Morgan fingerprint density at radius 2 is 1.75 bits per heavy atom. The number of aryl methyl sites for hydroxylation is 1. The highest BCUT2D eigenvalue weighted by Crippen LogP contribution is 2.39. The van der Waals surface area contributed by atoms with Crippen molar-refractivity contribution >= 4 is 0 Å². The number of nitrogens with zero attached hydrogens (tertiary/aromatic N) is 1.